The summed E-state index contributed by atoms with van der Waals surface area (Å²) >= 11 is 0. The summed E-state index contributed by atoms with van der Waals surface area (Å²) in [6.07, 6.45) is 3.93. The first-order valence-corrected chi connectivity index (χ1v) is 17.4. The topological polar surface area (TPSA) is 122 Å². The van der Waals surface area contributed by atoms with Crippen LogP contribution in [-0.2, 0) is 14.4 Å². The van der Waals surface area contributed by atoms with Crippen LogP contribution in [0.3, 0.4) is 0 Å². The van der Waals surface area contributed by atoms with Gasteiger partial charge in [0.2, 0.25) is 0 Å². The van der Waals surface area contributed by atoms with E-state index in [4.69, 9.17) is 0 Å². The Balaban J connectivity index is 2.64. The molecule has 0 amide bonds. The molecule has 0 bridgehead atoms. The lowest BCUT2D eigenvalue weighted by Gasteiger charge is -2.73. The van der Waals surface area contributed by atoms with Gasteiger partial charge in [-0.25, -0.2) is 0 Å². The molecule has 3 aliphatic rings. The summed E-state index contributed by atoms with van der Waals surface area (Å²) in [5.74, 6) is -7.51. The molecule has 0 aromatic rings. The zero-order valence-corrected chi connectivity index (χ0v) is 31.7. The first-order chi connectivity index (χ1) is 20.6. The molecule has 3 aliphatic heterocycles. The summed E-state index contributed by atoms with van der Waals surface area (Å²) in [5, 5.41) is 32.5. The normalized spacial score (nSPS) is 33.3. The molecular formula is C37H67N3O6. The molecule has 0 aromatic heterocycles. The van der Waals surface area contributed by atoms with Gasteiger partial charge < -0.3 is 15.3 Å². The second-order valence-corrected chi connectivity index (χ2v) is 18.7. The third-order valence-corrected chi connectivity index (χ3v) is 14.7. The summed E-state index contributed by atoms with van der Waals surface area (Å²) in [6, 6.07) is 0. The highest BCUT2D eigenvalue weighted by Crippen LogP contribution is 2.69. The van der Waals surface area contributed by atoms with Gasteiger partial charge in [0.05, 0.1) is 18.3 Å². The highest BCUT2D eigenvalue weighted by Gasteiger charge is 2.72. The molecule has 0 aliphatic carbocycles. The zero-order chi connectivity index (χ0) is 35.8. The van der Waals surface area contributed by atoms with Gasteiger partial charge in [-0.2, -0.15) is 0 Å². The maximum absolute atomic E-state index is 14.2. The van der Waals surface area contributed by atoms with E-state index in [9.17, 15) is 29.7 Å². The lowest BCUT2D eigenvalue weighted by molar-refractivity contribution is -0.244. The zero-order valence-electron chi connectivity index (χ0n) is 31.7. The molecule has 3 rings (SSSR count). The molecule has 0 spiro atoms. The Morgan fingerprint density at radius 1 is 0.587 bits per heavy atom. The highest BCUT2D eigenvalue weighted by atomic mass is 16.4. The van der Waals surface area contributed by atoms with Gasteiger partial charge in [0.25, 0.3) is 0 Å². The van der Waals surface area contributed by atoms with Gasteiger partial charge in [-0.15, -0.1) is 0 Å². The Hall–Kier alpha value is -1.71. The first kappa shape index (κ1) is 38.7. The maximum Gasteiger partial charge on any atom is 0.307 e. The van der Waals surface area contributed by atoms with Crippen LogP contribution in [-0.4, -0.2) is 102 Å². The number of nitrogens with zero attached hydrogens (tertiary/aromatic N) is 3. The van der Waals surface area contributed by atoms with Gasteiger partial charge in [-0.3, -0.25) is 29.1 Å². The van der Waals surface area contributed by atoms with Crippen molar-refractivity contribution in [2.24, 2.45) is 35.0 Å². The lowest BCUT2D eigenvalue weighted by Crippen LogP contribution is -2.77. The molecule has 3 N–H and O–H groups in total. The van der Waals surface area contributed by atoms with Crippen LogP contribution in [0, 0.1) is 35.0 Å². The number of carboxylic acid groups (broad SMARTS) is 3. The number of hydrogen-bond donors (Lipinski definition) is 3. The predicted molar refractivity (Wildman–Crippen MR) is 183 cm³/mol. The number of carbonyl (C=O) groups is 3. The largest absolute Gasteiger partial charge is 0.481 e. The van der Waals surface area contributed by atoms with Crippen LogP contribution in [0.5, 0.6) is 0 Å². The van der Waals surface area contributed by atoms with Crippen LogP contribution < -0.4 is 0 Å². The second-order valence-electron chi connectivity index (χ2n) is 18.7. The summed E-state index contributed by atoms with van der Waals surface area (Å²) in [6.45, 7) is 26.7. The predicted octanol–water partition coefficient (Wildman–Crippen LogP) is 6.55. The van der Waals surface area contributed by atoms with Crippen LogP contribution in [0.4, 0.5) is 0 Å². The Kier molecular flexibility index (Phi) is 10.1. The van der Waals surface area contributed by atoms with Gasteiger partial charge in [-0.1, -0.05) is 0 Å². The van der Waals surface area contributed by atoms with E-state index in [0.29, 0.717) is 0 Å². The third kappa shape index (κ3) is 5.93. The molecule has 266 valence electrons. The summed E-state index contributed by atoms with van der Waals surface area (Å²) in [5.41, 5.74) is -3.11. The molecule has 0 radical (unpaired) electrons. The average Bonchev–Trinajstić information content (AvgIpc) is 2.88. The standard InChI is InChI=1S/C37H67N3O6/c1-31(2)19-16-24(34(7,8)38(31)13)37(25-17-20-32(3,4)39(14)35(25,9)10,26-18-21-33(5,6)40(15)36(26,11)12)28(30(45)46)23(29(43)44)22-27(41)42/h23-26,28H,16-22H2,1-15H3,(H,41,42)(H,43,44)(H,45,46). The first-order valence-electron chi connectivity index (χ1n) is 17.4. The number of hydrogen-bond acceptors (Lipinski definition) is 6. The van der Waals surface area contributed by atoms with Crippen molar-refractivity contribution in [3.8, 4) is 0 Å². The molecule has 5 unspecified atom stereocenters. The smallest absolute Gasteiger partial charge is 0.307 e. The van der Waals surface area contributed by atoms with Crippen molar-refractivity contribution in [2.45, 2.75) is 161 Å². The highest BCUT2D eigenvalue weighted by molar-refractivity contribution is 5.84. The van der Waals surface area contributed by atoms with Crippen molar-refractivity contribution in [3.63, 3.8) is 0 Å². The van der Waals surface area contributed by atoms with Crippen molar-refractivity contribution in [1.29, 1.82) is 0 Å². The van der Waals surface area contributed by atoms with E-state index in [2.05, 4.69) is 119 Å². The van der Waals surface area contributed by atoms with Gasteiger partial charge in [-0.05, 0) is 166 Å². The maximum atomic E-state index is 14.2. The van der Waals surface area contributed by atoms with Crippen LogP contribution >= 0.6 is 0 Å². The molecule has 5 atom stereocenters. The molecule has 9 heteroatoms. The number of carboxylic acids is 3. The minimum Gasteiger partial charge on any atom is -0.481 e. The van der Waals surface area contributed by atoms with E-state index in [1.54, 1.807) is 0 Å². The summed E-state index contributed by atoms with van der Waals surface area (Å²) < 4.78 is 0. The van der Waals surface area contributed by atoms with Crippen LogP contribution in [0.25, 0.3) is 0 Å². The number of likely N-dealkylation sites (tertiary alicyclic amines) is 3. The molecule has 9 nitrogen and oxygen atoms in total. The molecule has 3 fully saturated rings. The fourth-order valence-corrected chi connectivity index (χ4v) is 11.3. The quantitative estimate of drug-likeness (QED) is 0.255. The lowest BCUT2D eigenvalue weighted by atomic mass is 9.38. The van der Waals surface area contributed by atoms with Crippen molar-refractivity contribution in [2.75, 3.05) is 21.1 Å². The van der Waals surface area contributed by atoms with E-state index in [1.165, 1.54) is 0 Å². The van der Waals surface area contributed by atoms with E-state index >= 15 is 0 Å². The van der Waals surface area contributed by atoms with Gasteiger partial charge in [0.15, 0.2) is 0 Å². The SMILES string of the molecule is CN1C(C)(C)CCC(C(C(C(=O)O)C(CC(=O)O)C(=O)O)(C2CCC(C)(C)N(C)C2(C)C)C2CCC(C)(C)N(C)C2(C)C)C1(C)C. The Morgan fingerprint density at radius 3 is 1.09 bits per heavy atom. The minimum atomic E-state index is -1.59. The average molecular weight is 650 g/mol. The van der Waals surface area contributed by atoms with Crippen LogP contribution in [0.15, 0.2) is 0 Å². The molecule has 3 heterocycles. The van der Waals surface area contributed by atoms with Crippen molar-refractivity contribution in [3.05, 3.63) is 0 Å². The summed E-state index contributed by atoms with van der Waals surface area (Å²) in [7, 11) is 6.38. The van der Waals surface area contributed by atoms with E-state index in [1.807, 2.05) is 0 Å². The van der Waals surface area contributed by atoms with Crippen LogP contribution in [0.2, 0.25) is 0 Å². The van der Waals surface area contributed by atoms with Crippen molar-refractivity contribution >= 4 is 17.9 Å². The molecule has 0 saturated carbocycles. The van der Waals surface area contributed by atoms with E-state index in [-0.39, 0.29) is 34.4 Å². The Labute approximate surface area is 279 Å². The Bertz CT molecular complexity index is 1080. The van der Waals surface area contributed by atoms with Gasteiger partial charge in [0, 0.05) is 33.2 Å². The third-order valence-electron chi connectivity index (χ3n) is 14.7. The Morgan fingerprint density at radius 2 is 0.870 bits per heavy atom. The van der Waals surface area contributed by atoms with Gasteiger partial charge in [0.1, 0.15) is 0 Å². The van der Waals surface area contributed by atoms with E-state index in [0.717, 1.165) is 38.5 Å². The second kappa shape index (κ2) is 12.0. The number of rotatable bonds is 9. The van der Waals surface area contributed by atoms with Crippen molar-refractivity contribution in [1.82, 2.24) is 14.7 Å². The van der Waals surface area contributed by atoms with Crippen molar-refractivity contribution < 1.29 is 29.7 Å². The minimum absolute atomic E-state index is 0.153. The monoisotopic (exact) mass is 650 g/mol. The molecular weight excluding hydrogens is 582 g/mol. The number of aliphatic carboxylic acids is 3. The van der Waals surface area contributed by atoms with Crippen LogP contribution in [0.1, 0.15) is 128 Å². The molecule has 3 saturated heterocycles. The fourth-order valence-electron chi connectivity index (χ4n) is 11.3. The van der Waals surface area contributed by atoms with Gasteiger partial charge >= 0.3 is 17.9 Å². The molecule has 0 aromatic carbocycles. The fraction of sp³-hybridized carbons (Fsp3) is 0.919. The number of piperidine rings is 3. The molecule has 46 heavy (non-hydrogen) atoms. The van der Waals surface area contributed by atoms with E-state index < -0.39 is 58.2 Å². The summed E-state index contributed by atoms with van der Waals surface area (Å²) in [4.78, 5) is 47.1.